The third-order valence-corrected chi connectivity index (χ3v) is 2.51. The maximum Gasteiger partial charge on any atom is 0.314 e. The second-order valence-corrected chi connectivity index (χ2v) is 3.74. The lowest BCUT2D eigenvalue weighted by atomic mass is 10.1. The van der Waals surface area contributed by atoms with Crippen molar-refractivity contribution < 1.29 is 4.79 Å². The molecule has 2 amide bonds. The molecule has 1 fully saturated rings. The Balaban J connectivity index is 2.12. The molecule has 1 rings (SSSR count). The van der Waals surface area contributed by atoms with Crippen molar-refractivity contribution in [3.8, 4) is 0 Å². The second kappa shape index (κ2) is 6.65. The Morgan fingerprint density at radius 3 is 3.00 bits per heavy atom. The van der Waals surface area contributed by atoms with Crippen LogP contribution in [0.2, 0.25) is 0 Å². The number of hydrogen-bond donors (Lipinski definition) is 3. The van der Waals surface area contributed by atoms with Gasteiger partial charge < -0.3 is 16.0 Å². The van der Waals surface area contributed by atoms with Gasteiger partial charge in [-0.15, -0.1) is 0 Å². The molecule has 4 nitrogen and oxygen atoms in total. The molecule has 0 aliphatic carbocycles. The van der Waals surface area contributed by atoms with Crippen molar-refractivity contribution in [1.82, 2.24) is 16.0 Å². The van der Waals surface area contributed by atoms with Gasteiger partial charge in [-0.05, 0) is 26.3 Å². The van der Waals surface area contributed by atoms with Crippen LogP contribution in [0.25, 0.3) is 0 Å². The highest BCUT2D eigenvalue weighted by Crippen LogP contribution is 2.07. The van der Waals surface area contributed by atoms with E-state index >= 15 is 0 Å². The molecule has 3 N–H and O–H groups in total. The minimum atomic E-state index is -0.0569. The Labute approximate surface area is 85.8 Å². The maximum atomic E-state index is 11.1. The predicted molar refractivity (Wildman–Crippen MR) is 57.3 cm³/mol. The Morgan fingerprint density at radius 2 is 2.21 bits per heavy atom. The van der Waals surface area contributed by atoms with Gasteiger partial charge in [-0.25, -0.2) is 4.79 Å². The normalized spacial score (nSPS) is 22.5. The summed E-state index contributed by atoms with van der Waals surface area (Å²) in [7, 11) is 0. The first-order chi connectivity index (χ1) is 6.83. The molecule has 1 aliphatic rings. The van der Waals surface area contributed by atoms with Crippen LogP contribution in [0.1, 0.15) is 32.6 Å². The lowest BCUT2D eigenvalue weighted by Crippen LogP contribution is -2.44. The van der Waals surface area contributed by atoms with Crippen LogP contribution in [0.15, 0.2) is 0 Å². The van der Waals surface area contributed by atoms with Crippen molar-refractivity contribution in [2.45, 2.75) is 38.6 Å². The summed E-state index contributed by atoms with van der Waals surface area (Å²) in [5.41, 5.74) is 0. The third kappa shape index (κ3) is 4.46. The van der Waals surface area contributed by atoms with Gasteiger partial charge in [0.25, 0.3) is 0 Å². The monoisotopic (exact) mass is 199 g/mol. The lowest BCUT2D eigenvalue weighted by Gasteiger charge is -2.16. The summed E-state index contributed by atoms with van der Waals surface area (Å²) in [6.45, 7) is 4.43. The average molecular weight is 199 g/mol. The van der Waals surface area contributed by atoms with Crippen molar-refractivity contribution in [1.29, 1.82) is 0 Å². The molecule has 1 saturated heterocycles. The average Bonchev–Trinajstić information content (AvgIpc) is 2.43. The van der Waals surface area contributed by atoms with E-state index < -0.39 is 0 Å². The molecule has 0 bridgehead atoms. The van der Waals surface area contributed by atoms with Crippen LogP contribution in [0.5, 0.6) is 0 Å². The molecule has 0 radical (unpaired) electrons. The molecule has 0 aromatic heterocycles. The van der Waals surface area contributed by atoms with Gasteiger partial charge in [0.1, 0.15) is 0 Å². The smallest absolute Gasteiger partial charge is 0.314 e. The highest BCUT2D eigenvalue weighted by atomic mass is 16.2. The van der Waals surface area contributed by atoms with Gasteiger partial charge >= 0.3 is 6.03 Å². The number of amides is 2. The minimum Gasteiger partial charge on any atom is -0.338 e. The zero-order valence-corrected chi connectivity index (χ0v) is 8.94. The zero-order valence-electron chi connectivity index (χ0n) is 8.94. The Bertz CT molecular complexity index is 165. The van der Waals surface area contributed by atoms with E-state index in [4.69, 9.17) is 0 Å². The van der Waals surface area contributed by atoms with Crippen LogP contribution in [0.3, 0.4) is 0 Å². The fraction of sp³-hybridized carbons (Fsp3) is 0.900. The van der Waals surface area contributed by atoms with Crippen LogP contribution in [0, 0.1) is 0 Å². The lowest BCUT2D eigenvalue weighted by molar-refractivity contribution is 0.240. The summed E-state index contributed by atoms with van der Waals surface area (Å²) in [5.74, 6) is 0. The molecule has 1 unspecified atom stereocenters. The van der Waals surface area contributed by atoms with Crippen LogP contribution in [-0.4, -0.2) is 31.7 Å². The van der Waals surface area contributed by atoms with E-state index in [1.165, 1.54) is 25.7 Å². The van der Waals surface area contributed by atoms with E-state index in [2.05, 4.69) is 16.0 Å². The maximum absolute atomic E-state index is 11.1. The number of nitrogens with one attached hydrogen (secondary N) is 3. The van der Waals surface area contributed by atoms with Crippen LogP contribution in [0.4, 0.5) is 4.79 Å². The predicted octanol–water partition coefficient (Wildman–Crippen LogP) is 0.838. The van der Waals surface area contributed by atoms with Crippen molar-refractivity contribution in [3.05, 3.63) is 0 Å². The Morgan fingerprint density at radius 1 is 1.36 bits per heavy atom. The van der Waals surface area contributed by atoms with Gasteiger partial charge in [0.2, 0.25) is 0 Å². The summed E-state index contributed by atoms with van der Waals surface area (Å²) in [5, 5.41) is 9.03. The van der Waals surface area contributed by atoms with E-state index in [1.807, 2.05) is 6.92 Å². The highest BCUT2D eigenvalue weighted by molar-refractivity contribution is 5.73. The molecule has 1 atom stereocenters. The van der Waals surface area contributed by atoms with E-state index in [1.54, 1.807) is 0 Å². The van der Waals surface area contributed by atoms with Gasteiger partial charge in [0.05, 0.1) is 0 Å². The van der Waals surface area contributed by atoms with Gasteiger partial charge in [-0.2, -0.15) is 0 Å². The number of carbonyl (C=O) groups is 1. The molecule has 0 saturated carbocycles. The van der Waals surface area contributed by atoms with Crippen molar-refractivity contribution >= 4 is 6.03 Å². The first-order valence-corrected chi connectivity index (χ1v) is 5.58. The van der Waals surface area contributed by atoms with Gasteiger partial charge in [0, 0.05) is 19.1 Å². The van der Waals surface area contributed by atoms with E-state index in [0.29, 0.717) is 12.6 Å². The molecular formula is C10H21N3O. The zero-order chi connectivity index (χ0) is 10.2. The molecule has 1 aliphatic heterocycles. The Kier molecular flexibility index (Phi) is 5.37. The topological polar surface area (TPSA) is 53.2 Å². The molecule has 0 aromatic carbocycles. The molecule has 14 heavy (non-hydrogen) atoms. The number of hydrogen-bond acceptors (Lipinski definition) is 2. The SMILES string of the molecule is CCNC(=O)NCC1CCCCCN1. The van der Waals surface area contributed by atoms with E-state index in [0.717, 1.165) is 13.1 Å². The summed E-state index contributed by atoms with van der Waals surface area (Å²) in [6.07, 6.45) is 5.02. The standard InChI is InChI=1S/C10H21N3O/c1-2-11-10(14)13-8-9-6-4-3-5-7-12-9/h9,12H,2-8H2,1H3,(H2,11,13,14). The minimum absolute atomic E-state index is 0.0569. The molecule has 0 aromatic rings. The fourth-order valence-electron chi connectivity index (χ4n) is 1.71. The van der Waals surface area contributed by atoms with E-state index in [9.17, 15) is 4.79 Å². The summed E-state index contributed by atoms with van der Waals surface area (Å²) < 4.78 is 0. The first kappa shape index (κ1) is 11.3. The number of rotatable bonds is 3. The summed E-state index contributed by atoms with van der Waals surface area (Å²) >= 11 is 0. The second-order valence-electron chi connectivity index (χ2n) is 3.74. The quantitative estimate of drug-likeness (QED) is 0.631. The van der Waals surface area contributed by atoms with Crippen molar-refractivity contribution in [2.75, 3.05) is 19.6 Å². The number of carbonyl (C=O) groups excluding carboxylic acids is 1. The molecule has 1 heterocycles. The fourth-order valence-corrected chi connectivity index (χ4v) is 1.71. The first-order valence-electron chi connectivity index (χ1n) is 5.58. The summed E-state index contributed by atoms with van der Waals surface area (Å²) in [6, 6.07) is 0.402. The van der Waals surface area contributed by atoms with Gasteiger partial charge in [-0.3, -0.25) is 0 Å². The Hall–Kier alpha value is -0.770. The number of urea groups is 1. The molecular weight excluding hydrogens is 178 g/mol. The van der Waals surface area contributed by atoms with Crippen LogP contribution >= 0.6 is 0 Å². The van der Waals surface area contributed by atoms with Crippen LogP contribution in [-0.2, 0) is 0 Å². The molecule has 4 heteroatoms. The van der Waals surface area contributed by atoms with Crippen LogP contribution < -0.4 is 16.0 Å². The summed E-state index contributed by atoms with van der Waals surface area (Å²) in [4.78, 5) is 11.1. The highest BCUT2D eigenvalue weighted by Gasteiger charge is 2.11. The largest absolute Gasteiger partial charge is 0.338 e. The van der Waals surface area contributed by atoms with Gasteiger partial charge in [-0.1, -0.05) is 12.8 Å². The van der Waals surface area contributed by atoms with Gasteiger partial charge in [0.15, 0.2) is 0 Å². The third-order valence-electron chi connectivity index (χ3n) is 2.51. The van der Waals surface area contributed by atoms with Crippen molar-refractivity contribution in [3.63, 3.8) is 0 Å². The van der Waals surface area contributed by atoms with Crippen molar-refractivity contribution in [2.24, 2.45) is 0 Å². The molecule has 0 spiro atoms. The van der Waals surface area contributed by atoms with E-state index in [-0.39, 0.29) is 6.03 Å². The molecule has 82 valence electrons.